The highest BCUT2D eigenvalue weighted by atomic mass is 16.6. The zero-order chi connectivity index (χ0) is 18.0. The molecule has 0 unspecified atom stereocenters. The second kappa shape index (κ2) is 7.38. The molecular weight excluding hydrogens is 322 g/mol. The molecule has 2 saturated heterocycles. The quantitative estimate of drug-likeness (QED) is 0.578. The molecule has 9 nitrogen and oxygen atoms in total. The normalized spacial score (nSPS) is 20.1. The molecule has 3 N–H and O–H groups in total. The monoisotopic (exact) mass is 350 g/mol. The van der Waals surface area contributed by atoms with E-state index in [1.807, 2.05) is 4.90 Å². The van der Waals surface area contributed by atoms with E-state index in [0.29, 0.717) is 17.7 Å². The van der Waals surface area contributed by atoms with Gasteiger partial charge in [-0.25, -0.2) is 0 Å². The molecule has 0 radical (unpaired) electrons. The highest BCUT2D eigenvalue weighted by Gasteiger charge is 2.31. The molecule has 2 aliphatic rings. The third kappa shape index (κ3) is 3.76. The second-order valence-electron chi connectivity index (χ2n) is 7.10. The van der Waals surface area contributed by atoms with Gasteiger partial charge in [-0.05, 0) is 25.7 Å². The Morgan fingerprint density at radius 2 is 1.84 bits per heavy atom. The third-order valence-corrected chi connectivity index (χ3v) is 5.40. The average molecular weight is 350 g/mol. The first-order valence-electron chi connectivity index (χ1n) is 9.15. The molecule has 0 amide bonds. The summed E-state index contributed by atoms with van der Waals surface area (Å²) in [7, 11) is 0. The lowest BCUT2D eigenvalue weighted by Gasteiger charge is -2.33. The predicted octanol–water partition coefficient (Wildman–Crippen LogP) is -0.0719. The lowest BCUT2D eigenvalue weighted by molar-refractivity contribution is -0.898. The summed E-state index contributed by atoms with van der Waals surface area (Å²) < 4.78 is 0. The molecule has 9 heteroatoms. The smallest absolute Gasteiger partial charge is 0.353 e. The Bertz CT molecular complexity index is 623. The molecule has 0 aliphatic carbocycles. The highest BCUT2D eigenvalue weighted by molar-refractivity contribution is 5.71. The van der Waals surface area contributed by atoms with Gasteiger partial charge in [0.15, 0.2) is 0 Å². The SMILES string of the molecule is CC[NH+]1CCN(c2nc(N)c([N+](=O)[O-])c(N3CCC(C)CC3)n2)CC1. The Kier molecular flexibility index (Phi) is 5.22. The van der Waals surface area contributed by atoms with E-state index in [-0.39, 0.29) is 11.5 Å². The molecule has 0 spiro atoms. The zero-order valence-electron chi connectivity index (χ0n) is 15.1. The van der Waals surface area contributed by atoms with E-state index in [4.69, 9.17) is 5.73 Å². The van der Waals surface area contributed by atoms with E-state index in [9.17, 15) is 10.1 Å². The van der Waals surface area contributed by atoms with Crippen molar-refractivity contribution in [3.63, 3.8) is 0 Å². The summed E-state index contributed by atoms with van der Waals surface area (Å²) in [6.45, 7) is 10.8. The van der Waals surface area contributed by atoms with Gasteiger partial charge in [-0.3, -0.25) is 10.1 Å². The van der Waals surface area contributed by atoms with Crippen molar-refractivity contribution in [3.05, 3.63) is 10.1 Å². The molecule has 1 aromatic heterocycles. The fourth-order valence-corrected chi connectivity index (χ4v) is 3.58. The van der Waals surface area contributed by atoms with E-state index in [2.05, 4.69) is 28.7 Å². The number of aromatic nitrogens is 2. The van der Waals surface area contributed by atoms with Gasteiger partial charge in [0.25, 0.3) is 0 Å². The lowest BCUT2D eigenvalue weighted by Crippen LogP contribution is -3.14. The Balaban J connectivity index is 1.89. The Hall–Kier alpha value is -2.16. The Morgan fingerprint density at radius 1 is 1.20 bits per heavy atom. The number of hydrogen-bond acceptors (Lipinski definition) is 7. The van der Waals surface area contributed by atoms with Gasteiger partial charge < -0.3 is 20.4 Å². The van der Waals surface area contributed by atoms with Crippen molar-refractivity contribution in [2.75, 3.05) is 61.3 Å². The van der Waals surface area contributed by atoms with E-state index < -0.39 is 4.92 Å². The molecule has 25 heavy (non-hydrogen) atoms. The molecule has 138 valence electrons. The van der Waals surface area contributed by atoms with Gasteiger partial charge >= 0.3 is 5.69 Å². The molecule has 2 aliphatic heterocycles. The summed E-state index contributed by atoms with van der Waals surface area (Å²) in [4.78, 5) is 25.5. The highest BCUT2D eigenvalue weighted by Crippen LogP contribution is 2.34. The number of nitrogens with zero attached hydrogens (tertiary/aromatic N) is 5. The number of likely N-dealkylation sites (N-methyl/N-ethyl adjacent to an activating group) is 1. The molecule has 0 bridgehead atoms. The van der Waals surface area contributed by atoms with Gasteiger partial charge in [-0.1, -0.05) is 6.92 Å². The molecule has 2 fully saturated rings. The zero-order valence-corrected chi connectivity index (χ0v) is 15.1. The van der Waals surface area contributed by atoms with Gasteiger partial charge in [0, 0.05) is 13.1 Å². The van der Waals surface area contributed by atoms with E-state index in [1.54, 1.807) is 4.90 Å². The second-order valence-corrected chi connectivity index (χ2v) is 7.10. The number of nitrogens with two attached hydrogens (primary N) is 1. The first-order chi connectivity index (χ1) is 12.0. The van der Waals surface area contributed by atoms with Gasteiger partial charge in [0.2, 0.25) is 17.6 Å². The van der Waals surface area contributed by atoms with Crippen molar-refractivity contribution in [2.24, 2.45) is 5.92 Å². The average Bonchev–Trinajstić information content (AvgIpc) is 2.61. The van der Waals surface area contributed by atoms with E-state index in [1.165, 1.54) is 0 Å². The largest absolute Gasteiger partial charge is 0.378 e. The number of rotatable bonds is 4. The van der Waals surface area contributed by atoms with Crippen LogP contribution < -0.4 is 20.4 Å². The number of nitro groups is 1. The van der Waals surface area contributed by atoms with Crippen LogP contribution in [0, 0.1) is 16.0 Å². The van der Waals surface area contributed by atoms with Crippen LogP contribution in [0.2, 0.25) is 0 Å². The minimum atomic E-state index is -0.453. The number of anilines is 3. The van der Waals surface area contributed by atoms with Crippen LogP contribution in [-0.2, 0) is 0 Å². The molecular formula is C16H28N7O2+. The molecule has 3 rings (SSSR count). The Labute approximate surface area is 148 Å². The molecule has 0 atom stereocenters. The maximum Gasteiger partial charge on any atom is 0.353 e. The maximum atomic E-state index is 11.5. The van der Waals surface area contributed by atoms with Crippen molar-refractivity contribution in [2.45, 2.75) is 26.7 Å². The van der Waals surface area contributed by atoms with Crippen LogP contribution >= 0.6 is 0 Å². The van der Waals surface area contributed by atoms with Crippen LogP contribution in [0.25, 0.3) is 0 Å². The standard InChI is InChI=1S/C16H27N7O2/c1-3-20-8-10-22(11-9-20)16-18-14(17)13(23(24)25)15(19-16)21-6-4-12(2)5-7-21/h12H,3-11H2,1-2H3,(H2,17,18,19)/p+1. The minimum absolute atomic E-state index is 0.0334. The predicted molar refractivity (Wildman–Crippen MR) is 97.2 cm³/mol. The topological polar surface area (TPSA) is 106 Å². The van der Waals surface area contributed by atoms with Crippen LogP contribution in [0.3, 0.4) is 0 Å². The number of piperazine rings is 1. The summed E-state index contributed by atoms with van der Waals surface area (Å²) in [6, 6.07) is 0. The number of piperidine rings is 1. The van der Waals surface area contributed by atoms with Crippen LogP contribution in [-0.4, -0.2) is 60.7 Å². The number of hydrogen-bond donors (Lipinski definition) is 2. The fourth-order valence-electron chi connectivity index (χ4n) is 3.58. The molecule has 0 saturated carbocycles. The molecule has 0 aromatic carbocycles. The van der Waals surface area contributed by atoms with Gasteiger partial charge in [-0.2, -0.15) is 9.97 Å². The van der Waals surface area contributed by atoms with E-state index in [0.717, 1.165) is 58.7 Å². The third-order valence-electron chi connectivity index (χ3n) is 5.40. The summed E-state index contributed by atoms with van der Waals surface area (Å²) >= 11 is 0. The number of nitrogens with one attached hydrogen (secondary N) is 1. The van der Waals surface area contributed by atoms with Crippen molar-refractivity contribution >= 4 is 23.3 Å². The first kappa shape index (κ1) is 17.7. The van der Waals surface area contributed by atoms with Crippen LogP contribution in [0.1, 0.15) is 26.7 Å². The summed E-state index contributed by atoms with van der Waals surface area (Å²) in [6.07, 6.45) is 2.02. The molecule has 3 heterocycles. The van der Waals surface area contributed by atoms with Crippen LogP contribution in [0.4, 0.5) is 23.3 Å². The Morgan fingerprint density at radius 3 is 2.40 bits per heavy atom. The van der Waals surface area contributed by atoms with Crippen molar-refractivity contribution in [3.8, 4) is 0 Å². The summed E-state index contributed by atoms with van der Waals surface area (Å²) in [5, 5.41) is 11.5. The van der Waals surface area contributed by atoms with Gasteiger partial charge in [0.1, 0.15) is 0 Å². The maximum absolute atomic E-state index is 11.5. The lowest BCUT2D eigenvalue weighted by atomic mass is 9.99. The first-order valence-corrected chi connectivity index (χ1v) is 9.15. The van der Waals surface area contributed by atoms with Crippen molar-refractivity contribution in [1.82, 2.24) is 9.97 Å². The van der Waals surface area contributed by atoms with Crippen LogP contribution in [0.5, 0.6) is 0 Å². The number of nitrogen functional groups attached to an aromatic ring is 1. The van der Waals surface area contributed by atoms with E-state index >= 15 is 0 Å². The van der Waals surface area contributed by atoms with Gasteiger partial charge in [0.05, 0.1) is 37.6 Å². The number of quaternary nitrogens is 1. The summed E-state index contributed by atoms with van der Waals surface area (Å²) in [5.41, 5.74) is 5.81. The van der Waals surface area contributed by atoms with Crippen molar-refractivity contribution in [1.29, 1.82) is 0 Å². The van der Waals surface area contributed by atoms with Crippen LogP contribution in [0.15, 0.2) is 0 Å². The van der Waals surface area contributed by atoms with Gasteiger partial charge in [-0.15, -0.1) is 0 Å². The fraction of sp³-hybridized carbons (Fsp3) is 0.750. The molecule has 1 aromatic rings. The minimum Gasteiger partial charge on any atom is -0.378 e. The summed E-state index contributed by atoms with van der Waals surface area (Å²) in [5.74, 6) is 1.50. The van der Waals surface area contributed by atoms with Crippen molar-refractivity contribution < 1.29 is 9.82 Å².